The average Bonchev–Trinajstić information content (AvgIpc) is 2.24. The van der Waals surface area contributed by atoms with Crippen molar-refractivity contribution < 1.29 is 70.1 Å². The van der Waals surface area contributed by atoms with Crippen LogP contribution in [0.25, 0.3) is 0 Å². The topological polar surface area (TPSA) is 162 Å². The van der Waals surface area contributed by atoms with Gasteiger partial charge in [-0.15, -0.1) is 0 Å². The zero-order valence-electron chi connectivity index (χ0n) is 9.52. The Bertz CT molecular complexity index is 246. The Labute approximate surface area is 119 Å². The van der Waals surface area contributed by atoms with E-state index in [0.29, 0.717) is 6.92 Å². The second-order valence-corrected chi connectivity index (χ2v) is 3.61. The Morgan fingerprint density at radius 1 is 1.24 bits per heavy atom. The van der Waals surface area contributed by atoms with E-state index < -0.39 is 42.6 Å². The Morgan fingerprint density at radius 2 is 1.65 bits per heavy atom. The molecule has 0 bridgehead atoms. The average molecular weight is 262 g/mol. The molecule has 17 heavy (non-hydrogen) atoms. The first kappa shape index (κ1) is 19.6. The molecule has 0 heterocycles. The van der Waals surface area contributed by atoms with Crippen LogP contribution in [0.4, 0.5) is 0 Å². The van der Waals surface area contributed by atoms with E-state index in [1.165, 1.54) is 0 Å². The number of hydrogen-bond donors (Lipinski definition) is 6. The van der Waals surface area contributed by atoms with Crippen LogP contribution in [0.3, 0.4) is 0 Å². The fraction of sp³-hybridized carbons (Fsp3) is 0.875. The first-order chi connectivity index (χ1) is 7.16. The molecule has 0 aromatic rings. The summed E-state index contributed by atoms with van der Waals surface area (Å²) in [5.41, 5.74) is -2.80. The predicted molar refractivity (Wildman–Crippen MR) is 46.7 cm³/mol. The Morgan fingerprint density at radius 3 is 1.94 bits per heavy atom. The number of aliphatic hydroxyl groups excluding tert-OH is 5. The number of rotatable bonds is 6. The van der Waals surface area contributed by atoms with Crippen molar-refractivity contribution in [3.63, 3.8) is 0 Å². The molecule has 9 heteroatoms. The van der Waals surface area contributed by atoms with E-state index in [1.54, 1.807) is 0 Å². The zero-order valence-corrected chi connectivity index (χ0v) is 11.5. The molecule has 0 aliphatic heterocycles. The van der Waals surface area contributed by atoms with Gasteiger partial charge in [0.1, 0.15) is 30.0 Å². The molecule has 1 unspecified atom stereocenters. The molecule has 8 nitrogen and oxygen atoms in total. The maximum Gasteiger partial charge on any atom is 1.00 e. The van der Waals surface area contributed by atoms with Gasteiger partial charge in [0, 0.05) is 0 Å². The van der Waals surface area contributed by atoms with Gasteiger partial charge in [-0.25, -0.2) is 0 Å². The molecule has 0 aromatic heterocycles. The van der Waals surface area contributed by atoms with Crippen LogP contribution in [0.5, 0.6) is 0 Å². The summed E-state index contributed by atoms with van der Waals surface area (Å²) in [4.78, 5) is 10.4. The summed E-state index contributed by atoms with van der Waals surface area (Å²) in [6.07, 6.45) is -8.23. The second kappa shape index (κ2) is 7.62. The minimum atomic E-state index is -2.80. The number of carboxylic acids is 1. The van der Waals surface area contributed by atoms with Crippen LogP contribution in [0.2, 0.25) is 0 Å². The van der Waals surface area contributed by atoms with Gasteiger partial charge in [-0.2, -0.15) is 0 Å². The van der Waals surface area contributed by atoms with Gasteiger partial charge in [0.05, 0.1) is 12.6 Å². The molecule has 0 saturated heterocycles. The van der Waals surface area contributed by atoms with E-state index >= 15 is 0 Å². The van der Waals surface area contributed by atoms with Crippen molar-refractivity contribution in [2.45, 2.75) is 36.9 Å². The van der Waals surface area contributed by atoms with Gasteiger partial charge in [0.2, 0.25) is 0 Å². The van der Waals surface area contributed by atoms with Gasteiger partial charge in [-0.3, -0.25) is 0 Å². The molecule has 0 aromatic carbocycles. The van der Waals surface area contributed by atoms with E-state index in [0.717, 1.165) is 0 Å². The number of hydrogen-bond acceptors (Lipinski definition) is 8. The Hall–Kier alpha value is 0.230. The summed E-state index contributed by atoms with van der Waals surface area (Å²) in [6.45, 7) is -0.243. The molecule has 96 valence electrons. The predicted octanol–water partition coefficient (Wildman–Crippen LogP) is -8.07. The van der Waals surface area contributed by atoms with Gasteiger partial charge in [-0.1, -0.05) is 0 Å². The van der Waals surface area contributed by atoms with Crippen molar-refractivity contribution in [3.8, 4) is 0 Å². The van der Waals surface area contributed by atoms with E-state index in [4.69, 9.17) is 15.3 Å². The number of aliphatic hydroxyl groups is 6. The van der Waals surface area contributed by atoms with Gasteiger partial charge in [-0.05, 0) is 6.92 Å². The third-order valence-electron chi connectivity index (χ3n) is 2.24. The van der Waals surface area contributed by atoms with E-state index in [2.05, 4.69) is 0 Å². The number of carbonyl (C=O) groups excluding carboxylic acids is 1. The van der Waals surface area contributed by atoms with Crippen LogP contribution < -0.4 is 34.7 Å². The van der Waals surface area contributed by atoms with Gasteiger partial charge < -0.3 is 40.5 Å². The SMILES string of the molecule is CC(O)(C(=O)[O-])[C@H](O)[C@@H](O)[C@H](O)[C@H](O)CO.[Na+]. The second-order valence-electron chi connectivity index (χ2n) is 3.61. The quantitative estimate of drug-likeness (QED) is 0.257. The van der Waals surface area contributed by atoms with Crippen molar-refractivity contribution >= 4 is 5.97 Å². The third kappa shape index (κ3) is 4.78. The van der Waals surface area contributed by atoms with Crippen molar-refractivity contribution in [3.05, 3.63) is 0 Å². The van der Waals surface area contributed by atoms with Crippen LogP contribution in [0.1, 0.15) is 6.92 Å². The van der Waals surface area contributed by atoms with Crippen molar-refractivity contribution in [2.24, 2.45) is 0 Å². The first-order valence-corrected chi connectivity index (χ1v) is 4.43. The van der Waals surface area contributed by atoms with Crippen molar-refractivity contribution in [2.75, 3.05) is 6.61 Å². The smallest absolute Gasteiger partial charge is 0.547 e. The summed E-state index contributed by atoms with van der Waals surface area (Å²) in [5.74, 6) is -2.05. The monoisotopic (exact) mass is 262 g/mol. The van der Waals surface area contributed by atoms with Crippen LogP contribution in [0, 0.1) is 0 Å². The normalized spacial score (nSPS) is 21.6. The minimum Gasteiger partial charge on any atom is -0.547 e. The molecule has 0 aliphatic rings. The first-order valence-electron chi connectivity index (χ1n) is 4.43. The summed E-state index contributed by atoms with van der Waals surface area (Å²) in [5, 5.41) is 64.7. The number of carboxylic acid groups (broad SMARTS) is 1. The standard InChI is InChI=1S/C8H16O8.Na/c1-8(16,7(14)15)6(13)5(12)4(11)3(10)2-9;/h3-6,9-13,16H,2H2,1H3,(H,14,15);/q;+1/p-1/t3-,4-,5+,6-,8?;/m1./s1. The summed E-state index contributed by atoms with van der Waals surface area (Å²) < 4.78 is 0. The summed E-state index contributed by atoms with van der Waals surface area (Å²) in [7, 11) is 0. The van der Waals surface area contributed by atoms with E-state index in [1.807, 2.05) is 0 Å². The van der Waals surface area contributed by atoms with Crippen LogP contribution in [0.15, 0.2) is 0 Å². The molecule has 0 saturated carbocycles. The summed E-state index contributed by atoms with van der Waals surface area (Å²) >= 11 is 0. The van der Waals surface area contributed by atoms with Crippen molar-refractivity contribution in [1.29, 1.82) is 0 Å². The fourth-order valence-electron chi connectivity index (χ4n) is 0.976. The van der Waals surface area contributed by atoms with Crippen LogP contribution in [-0.2, 0) is 4.79 Å². The third-order valence-corrected chi connectivity index (χ3v) is 2.24. The molecular weight excluding hydrogens is 247 g/mol. The molecule has 6 N–H and O–H groups in total. The van der Waals surface area contributed by atoms with E-state index in [-0.39, 0.29) is 29.6 Å². The largest absolute Gasteiger partial charge is 1.00 e. The van der Waals surface area contributed by atoms with Gasteiger partial charge >= 0.3 is 29.6 Å². The molecule has 0 aliphatic carbocycles. The maximum atomic E-state index is 10.4. The number of carbonyl (C=O) groups is 1. The van der Waals surface area contributed by atoms with Crippen molar-refractivity contribution in [1.82, 2.24) is 0 Å². The van der Waals surface area contributed by atoms with Crippen LogP contribution >= 0.6 is 0 Å². The minimum absolute atomic E-state index is 0. The molecule has 5 atom stereocenters. The molecule has 0 spiro atoms. The van der Waals surface area contributed by atoms with Crippen LogP contribution in [-0.4, -0.2) is 73.2 Å². The van der Waals surface area contributed by atoms with E-state index in [9.17, 15) is 25.2 Å². The van der Waals surface area contributed by atoms with Gasteiger partial charge in [0.15, 0.2) is 0 Å². The zero-order chi connectivity index (χ0) is 13.1. The number of aliphatic carboxylic acids is 1. The Kier molecular flexibility index (Phi) is 8.77. The molecule has 0 amide bonds. The molecule has 0 radical (unpaired) electrons. The molecular formula is C8H15NaO8. The summed E-state index contributed by atoms with van der Waals surface area (Å²) in [6, 6.07) is 0. The maximum absolute atomic E-state index is 10.4. The molecule has 0 rings (SSSR count). The molecule has 0 fully saturated rings. The van der Waals surface area contributed by atoms with Gasteiger partial charge in [0.25, 0.3) is 0 Å². The Balaban J connectivity index is 0. The fourth-order valence-corrected chi connectivity index (χ4v) is 0.976.